The average molecular weight is 347 g/mol. The summed E-state index contributed by atoms with van der Waals surface area (Å²) < 4.78 is 10.6. The predicted molar refractivity (Wildman–Crippen MR) is 99.3 cm³/mol. The Labute approximate surface area is 151 Å². The fourth-order valence-electron chi connectivity index (χ4n) is 2.35. The van der Waals surface area contributed by atoms with Crippen LogP contribution >= 0.6 is 0 Å². The Morgan fingerprint density at radius 3 is 2.58 bits per heavy atom. The normalized spacial score (nSPS) is 9.88. The summed E-state index contributed by atoms with van der Waals surface area (Å²) in [7, 11) is 3.18. The lowest BCUT2D eigenvalue weighted by Crippen LogP contribution is -2.02. The highest BCUT2D eigenvalue weighted by Crippen LogP contribution is 2.31. The molecule has 0 fully saturated rings. The third kappa shape index (κ3) is 3.82. The van der Waals surface area contributed by atoms with Gasteiger partial charge in [0.25, 0.3) is 0 Å². The molecule has 130 valence electrons. The first-order valence-electron chi connectivity index (χ1n) is 7.81. The van der Waals surface area contributed by atoms with Gasteiger partial charge in [0.1, 0.15) is 23.4 Å². The predicted octanol–water partition coefficient (Wildman–Crippen LogP) is 3.85. The van der Waals surface area contributed by atoms with Crippen LogP contribution in [0.15, 0.2) is 54.7 Å². The lowest BCUT2D eigenvalue weighted by atomic mass is 10.2. The molecule has 1 aromatic heterocycles. The molecule has 0 saturated heterocycles. The smallest absolute Gasteiger partial charge is 0.229 e. The maximum atomic E-state index is 9.19. The van der Waals surface area contributed by atoms with Gasteiger partial charge in [0, 0.05) is 12.3 Å². The molecule has 0 saturated carbocycles. The van der Waals surface area contributed by atoms with Crippen molar-refractivity contribution in [3.05, 3.63) is 60.3 Å². The molecule has 7 heteroatoms. The quantitative estimate of drug-likeness (QED) is 0.699. The first-order valence-corrected chi connectivity index (χ1v) is 7.81. The van der Waals surface area contributed by atoms with E-state index in [1.165, 1.54) is 0 Å². The van der Waals surface area contributed by atoms with E-state index in [1.54, 1.807) is 44.7 Å². The maximum Gasteiger partial charge on any atom is 0.229 e. The zero-order chi connectivity index (χ0) is 18.4. The Morgan fingerprint density at radius 1 is 0.962 bits per heavy atom. The lowest BCUT2D eigenvalue weighted by molar-refractivity contribution is 0.405. The third-order valence-corrected chi connectivity index (χ3v) is 3.62. The first-order chi connectivity index (χ1) is 12.7. The number of methoxy groups -OCH3 is 2. The van der Waals surface area contributed by atoms with Crippen molar-refractivity contribution in [2.75, 3.05) is 24.9 Å². The fraction of sp³-hybridized carbons (Fsp3) is 0.105. The van der Waals surface area contributed by atoms with Crippen molar-refractivity contribution in [3.63, 3.8) is 0 Å². The first kappa shape index (κ1) is 17.0. The van der Waals surface area contributed by atoms with Gasteiger partial charge in [-0.2, -0.15) is 10.2 Å². The second-order valence-corrected chi connectivity index (χ2v) is 5.24. The van der Waals surface area contributed by atoms with Crippen molar-refractivity contribution in [1.82, 2.24) is 9.97 Å². The van der Waals surface area contributed by atoms with Gasteiger partial charge in [-0.1, -0.05) is 12.1 Å². The van der Waals surface area contributed by atoms with Gasteiger partial charge >= 0.3 is 0 Å². The molecule has 3 aromatic rings. The summed E-state index contributed by atoms with van der Waals surface area (Å²) in [4.78, 5) is 8.66. The Bertz CT molecular complexity index is 953. The largest absolute Gasteiger partial charge is 0.497 e. The van der Waals surface area contributed by atoms with Crippen LogP contribution in [0.4, 0.5) is 23.1 Å². The second-order valence-electron chi connectivity index (χ2n) is 5.24. The molecule has 0 bridgehead atoms. The van der Waals surface area contributed by atoms with Crippen molar-refractivity contribution in [2.45, 2.75) is 0 Å². The number of aromatic nitrogens is 2. The molecule has 1 heterocycles. The number of benzene rings is 2. The van der Waals surface area contributed by atoms with Gasteiger partial charge in [0.15, 0.2) is 0 Å². The SMILES string of the molecule is COc1ccc(OC)c(Nc2nccc(Nc3ccccc3C#N)n2)c1. The topological polar surface area (TPSA) is 92.1 Å². The Balaban J connectivity index is 1.85. The number of nitrogens with zero attached hydrogens (tertiary/aromatic N) is 3. The van der Waals surface area contributed by atoms with E-state index >= 15 is 0 Å². The molecule has 0 aliphatic rings. The number of para-hydroxylation sites is 1. The van der Waals surface area contributed by atoms with Crippen molar-refractivity contribution in [3.8, 4) is 17.6 Å². The van der Waals surface area contributed by atoms with E-state index in [2.05, 4.69) is 26.7 Å². The average Bonchev–Trinajstić information content (AvgIpc) is 2.68. The van der Waals surface area contributed by atoms with Crippen LogP contribution in [0, 0.1) is 11.3 Å². The molecule has 0 atom stereocenters. The summed E-state index contributed by atoms with van der Waals surface area (Å²) in [5.74, 6) is 2.27. The standard InChI is InChI=1S/C19H17N5O2/c1-25-14-7-8-17(26-2)16(11-14)23-19-21-10-9-18(24-19)22-15-6-4-3-5-13(15)12-20/h3-11H,1-2H3,(H2,21,22,23,24). The zero-order valence-electron chi connectivity index (χ0n) is 14.4. The molecular weight excluding hydrogens is 330 g/mol. The van der Waals surface area contributed by atoms with Crippen molar-refractivity contribution in [1.29, 1.82) is 5.26 Å². The van der Waals surface area contributed by atoms with Gasteiger partial charge < -0.3 is 20.1 Å². The number of anilines is 4. The Morgan fingerprint density at radius 2 is 1.81 bits per heavy atom. The molecular formula is C19H17N5O2. The summed E-state index contributed by atoms with van der Waals surface area (Å²) in [5, 5.41) is 15.4. The molecule has 3 rings (SSSR count). The van der Waals surface area contributed by atoms with Crippen LogP contribution in [0.1, 0.15) is 5.56 Å². The minimum Gasteiger partial charge on any atom is -0.497 e. The van der Waals surface area contributed by atoms with Crippen molar-refractivity contribution in [2.24, 2.45) is 0 Å². The van der Waals surface area contributed by atoms with E-state index in [0.717, 1.165) is 0 Å². The summed E-state index contributed by atoms with van der Waals surface area (Å²) >= 11 is 0. The van der Waals surface area contributed by atoms with Crippen LogP contribution in [0.5, 0.6) is 11.5 Å². The Kier molecular flexibility index (Phi) is 5.15. The molecule has 0 aliphatic heterocycles. The number of ether oxygens (including phenoxy) is 2. The van der Waals surface area contributed by atoms with Crippen LogP contribution in [-0.2, 0) is 0 Å². The van der Waals surface area contributed by atoms with Gasteiger partial charge in [0.2, 0.25) is 5.95 Å². The number of hydrogen-bond donors (Lipinski definition) is 2. The molecule has 0 radical (unpaired) electrons. The molecule has 7 nitrogen and oxygen atoms in total. The second kappa shape index (κ2) is 7.85. The minimum absolute atomic E-state index is 0.385. The lowest BCUT2D eigenvalue weighted by Gasteiger charge is -2.12. The number of nitrogens with one attached hydrogen (secondary N) is 2. The van der Waals surface area contributed by atoms with Gasteiger partial charge in [-0.3, -0.25) is 0 Å². The van der Waals surface area contributed by atoms with Gasteiger partial charge in [0.05, 0.1) is 31.2 Å². The van der Waals surface area contributed by atoms with Crippen molar-refractivity contribution >= 4 is 23.1 Å². The monoisotopic (exact) mass is 347 g/mol. The van der Waals surface area contributed by atoms with Crippen LogP contribution in [0.25, 0.3) is 0 Å². The minimum atomic E-state index is 0.385. The number of nitriles is 1. The van der Waals surface area contributed by atoms with Crippen molar-refractivity contribution < 1.29 is 9.47 Å². The fourth-order valence-corrected chi connectivity index (χ4v) is 2.35. The molecule has 0 amide bonds. The maximum absolute atomic E-state index is 9.19. The Hall–Kier alpha value is -3.79. The van der Waals surface area contributed by atoms with Gasteiger partial charge in [-0.05, 0) is 30.3 Å². The number of rotatable bonds is 6. The van der Waals surface area contributed by atoms with E-state index in [0.29, 0.717) is 40.2 Å². The molecule has 26 heavy (non-hydrogen) atoms. The highest BCUT2D eigenvalue weighted by atomic mass is 16.5. The van der Waals surface area contributed by atoms with Gasteiger partial charge in [-0.25, -0.2) is 4.98 Å². The summed E-state index contributed by atoms with van der Waals surface area (Å²) in [6.07, 6.45) is 1.62. The summed E-state index contributed by atoms with van der Waals surface area (Å²) in [6, 6.07) is 16.5. The van der Waals surface area contributed by atoms with Gasteiger partial charge in [-0.15, -0.1) is 0 Å². The molecule has 0 aliphatic carbocycles. The number of hydrogen-bond acceptors (Lipinski definition) is 7. The summed E-state index contributed by atoms with van der Waals surface area (Å²) in [5.41, 5.74) is 1.90. The highest BCUT2D eigenvalue weighted by molar-refractivity contribution is 5.67. The van der Waals surface area contributed by atoms with Crippen LogP contribution in [0.2, 0.25) is 0 Å². The van der Waals surface area contributed by atoms with Crippen LogP contribution in [0.3, 0.4) is 0 Å². The van der Waals surface area contributed by atoms with E-state index in [-0.39, 0.29) is 0 Å². The van der Waals surface area contributed by atoms with Crippen LogP contribution in [-0.4, -0.2) is 24.2 Å². The molecule has 0 spiro atoms. The third-order valence-electron chi connectivity index (χ3n) is 3.62. The highest BCUT2D eigenvalue weighted by Gasteiger charge is 2.08. The van der Waals surface area contributed by atoms with E-state index < -0.39 is 0 Å². The van der Waals surface area contributed by atoms with Crippen LogP contribution < -0.4 is 20.1 Å². The molecule has 0 unspecified atom stereocenters. The summed E-state index contributed by atoms with van der Waals surface area (Å²) in [6.45, 7) is 0. The zero-order valence-corrected chi connectivity index (χ0v) is 14.4. The van der Waals surface area contributed by atoms with E-state index in [4.69, 9.17) is 9.47 Å². The van der Waals surface area contributed by atoms with E-state index in [1.807, 2.05) is 24.3 Å². The molecule has 2 N–H and O–H groups in total. The van der Waals surface area contributed by atoms with E-state index in [9.17, 15) is 5.26 Å². The molecule has 2 aromatic carbocycles.